The van der Waals surface area contributed by atoms with Gasteiger partial charge in [0.1, 0.15) is 0 Å². The highest BCUT2D eigenvalue weighted by molar-refractivity contribution is 7.99. The number of nitrogens with one attached hydrogen (secondary N) is 1. The molecule has 0 bridgehead atoms. The highest BCUT2D eigenvalue weighted by atomic mass is 32.2. The number of benzene rings is 2. The molecule has 0 unspecified atom stereocenters. The predicted octanol–water partition coefficient (Wildman–Crippen LogP) is 3.79. The Morgan fingerprint density at radius 1 is 1.10 bits per heavy atom. The molecule has 104 valence electrons. The second-order valence-electron chi connectivity index (χ2n) is 4.68. The summed E-state index contributed by atoms with van der Waals surface area (Å²) in [6, 6.07) is 18.4. The summed E-state index contributed by atoms with van der Waals surface area (Å²) in [4.78, 5) is 13.0. The van der Waals surface area contributed by atoms with Gasteiger partial charge in [0.2, 0.25) is 5.91 Å². The van der Waals surface area contributed by atoms with Crippen LogP contribution in [0.2, 0.25) is 0 Å². The number of carbonyl (C=O) groups is 1. The summed E-state index contributed by atoms with van der Waals surface area (Å²) in [5.74, 6) is 0.916. The van der Waals surface area contributed by atoms with Gasteiger partial charge < -0.3 is 5.32 Å². The van der Waals surface area contributed by atoms with Crippen LogP contribution in [0.25, 0.3) is 0 Å². The second kappa shape index (κ2) is 7.75. The molecule has 2 aromatic carbocycles. The maximum Gasteiger partial charge on any atom is 0.221 e. The average molecular weight is 285 g/mol. The van der Waals surface area contributed by atoms with Gasteiger partial charge in [-0.15, -0.1) is 11.8 Å². The van der Waals surface area contributed by atoms with Crippen LogP contribution in [0.4, 0.5) is 0 Å². The molecule has 1 amide bonds. The summed E-state index contributed by atoms with van der Waals surface area (Å²) < 4.78 is 0. The first kappa shape index (κ1) is 14.7. The maximum atomic E-state index is 11.8. The molecule has 0 saturated carbocycles. The highest BCUT2D eigenvalue weighted by Gasteiger charge is 2.02. The van der Waals surface area contributed by atoms with Crippen LogP contribution in [0.5, 0.6) is 0 Å². The molecule has 0 aliphatic carbocycles. The molecule has 0 saturated heterocycles. The van der Waals surface area contributed by atoms with Gasteiger partial charge in [-0.2, -0.15) is 0 Å². The Labute approximate surface area is 124 Å². The van der Waals surface area contributed by atoms with Crippen molar-refractivity contribution in [2.75, 3.05) is 5.75 Å². The Morgan fingerprint density at radius 3 is 2.65 bits per heavy atom. The van der Waals surface area contributed by atoms with Crippen LogP contribution in [0.3, 0.4) is 0 Å². The van der Waals surface area contributed by atoms with Gasteiger partial charge in [-0.25, -0.2) is 0 Å². The largest absolute Gasteiger partial charge is 0.352 e. The van der Waals surface area contributed by atoms with Gasteiger partial charge in [0.05, 0.1) is 0 Å². The second-order valence-corrected chi connectivity index (χ2v) is 5.85. The number of thioether (sulfide) groups is 1. The van der Waals surface area contributed by atoms with E-state index in [1.165, 1.54) is 10.5 Å². The van der Waals surface area contributed by atoms with E-state index in [1.807, 2.05) is 30.3 Å². The fraction of sp³-hybridized carbons (Fsp3) is 0.235. The van der Waals surface area contributed by atoms with Gasteiger partial charge in [0.15, 0.2) is 0 Å². The molecule has 0 heterocycles. The van der Waals surface area contributed by atoms with Crippen molar-refractivity contribution < 1.29 is 4.79 Å². The molecule has 0 atom stereocenters. The molecule has 2 nitrogen and oxygen atoms in total. The molecule has 0 aliphatic heterocycles. The van der Waals surface area contributed by atoms with Gasteiger partial charge in [0, 0.05) is 23.6 Å². The van der Waals surface area contributed by atoms with Crippen LogP contribution in [0, 0.1) is 6.92 Å². The fourth-order valence-corrected chi connectivity index (χ4v) is 2.76. The zero-order chi connectivity index (χ0) is 14.2. The summed E-state index contributed by atoms with van der Waals surface area (Å²) >= 11 is 1.71. The van der Waals surface area contributed by atoms with Gasteiger partial charge in [0.25, 0.3) is 0 Å². The van der Waals surface area contributed by atoms with Crippen molar-refractivity contribution in [2.45, 2.75) is 24.8 Å². The molecule has 0 spiro atoms. The standard InChI is InChI=1S/C17H19NOS/c1-14-6-5-7-15(12-14)13-18-17(19)10-11-20-16-8-3-2-4-9-16/h2-9,12H,10-11,13H2,1H3,(H,18,19). The van der Waals surface area contributed by atoms with Crippen molar-refractivity contribution in [3.63, 3.8) is 0 Å². The van der Waals surface area contributed by atoms with Crippen molar-refractivity contribution >= 4 is 17.7 Å². The molecule has 0 radical (unpaired) electrons. The number of carbonyl (C=O) groups excluding carboxylic acids is 1. The third kappa shape index (κ3) is 5.10. The van der Waals surface area contributed by atoms with Crippen molar-refractivity contribution in [2.24, 2.45) is 0 Å². The lowest BCUT2D eigenvalue weighted by atomic mass is 10.1. The van der Waals surface area contributed by atoms with E-state index >= 15 is 0 Å². The minimum atomic E-state index is 0.106. The van der Waals surface area contributed by atoms with E-state index in [-0.39, 0.29) is 5.91 Å². The molecule has 2 rings (SSSR count). The Morgan fingerprint density at radius 2 is 1.90 bits per heavy atom. The van der Waals surface area contributed by atoms with Crippen LogP contribution in [0.1, 0.15) is 17.5 Å². The molecule has 1 N–H and O–H groups in total. The van der Waals surface area contributed by atoms with Gasteiger partial charge in [-0.3, -0.25) is 4.79 Å². The van der Waals surface area contributed by atoms with Gasteiger partial charge in [-0.1, -0.05) is 48.0 Å². The molecule has 0 aromatic heterocycles. The lowest BCUT2D eigenvalue weighted by Crippen LogP contribution is -2.22. The Hall–Kier alpha value is -1.74. The lowest BCUT2D eigenvalue weighted by Gasteiger charge is -2.06. The van der Waals surface area contributed by atoms with Crippen LogP contribution < -0.4 is 5.32 Å². The summed E-state index contributed by atoms with van der Waals surface area (Å²) in [6.07, 6.45) is 0.547. The van der Waals surface area contributed by atoms with E-state index < -0.39 is 0 Å². The molecule has 0 aliphatic rings. The smallest absolute Gasteiger partial charge is 0.221 e. The van der Waals surface area contributed by atoms with E-state index in [2.05, 4.69) is 36.5 Å². The molecule has 20 heavy (non-hydrogen) atoms. The van der Waals surface area contributed by atoms with Crippen molar-refractivity contribution in [1.29, 1.82) is 0 Å². The topological polar surface area (TPSA) is 29.1 Å². The van der Waals surface area contributed by atoms with Crippen molar-refractivity contribution in [3.8, 4) is 0 Å². The zero-order valence-corrected chi connectivity index (χ0v) is 12.5. The first-order chi connectivity index (χ1) is 9.74. The molecule has 2 aromatic rings. The van der Waals surface area contributed by atoms with E-state index in [0.717, 1.165) is 11.3 Å². The Bertz CT molecular complexity index is 554. The van der Waals surface area contributed by atoms with E-state index in [9.17, 15) is 4.79 Å². The first-order valence-corrected chi connectivity index (χ1v) is 7.73. The van der Waals surface area contributed by atoms with Crippen molar-refractivity contribution in [3.05, 3.63) is 65.7 Å². The van der Waals surface area contributed by atoms with Crippen LogP contribution in [-0.2, 0) is 11.3 Å². The normalized spacial score (nSPS) is 10.2. The lowest BCUT2D eigenvalue weighted by molar-refractivity contribution is -0.120. The van der Waals surface area contributed by atoms with Gasteiger partial charge in [-0.05, 0) is 24.6 Å². The monoisotopic (exact) mass is 285 g/mol. The van der Waals surface area contributed by atoms with Crippen LogP contribution in [-0.4, -0.2) is 11.7 Å². The summed E-state index contributed by atoms with van der Waals surface area (Å²) in [5.41, 5.74) is 2.37. The SMILES string of the molecule is Cc1cccc(CNC(=O)CCSc2ccccc2)c1. The maximum absolute atomic E-state index is 11.8. The number of hydrogen-bond acceptors (Lipinski definition) is 2. The minimum absolute atomic E-state index is 0.106. The predicted molar refractivity (Wildman–Crippen MR) is 84.8 cm³/mol. The quantitative estimate of drug-likeness (QED) is 0.818. The average Bonchev–Trinajstić information content (AvgIpc) is 2.46. The number of aryl methyl sites for hydroxylation is 1. The molecule has 0 fully saturated rings. The van der Waals surface area contributed by atoms with Crippen LogP contribution in [0.15, 0.2) is 59.5 Å². The summed E-state index contributed by atoms with van der Waals surface area (Å²) in [6.45, 7) is 2.67. The Kier molecular flexibility index (Phi) is 5.69. The van der Waals surface area contributed by atoms with Crippen molar-refractivity contribution in [1.82, 2.24) is 5.32 Å². The molecule has 3 heteroatoms. The number of rotatable bonds is 6. The third-order valence-corrected chi connectivity index (χ3v) is 3.93. The number of hydrogen-bond donors (Lipinski definition) is 1. The highest BCUT2D eigenvalue weighted by Crippen LogP contribution is 2.17. The minimum Gasteiger partial charge on any atom is -0.352 e. The van der Waals surface area contributed by atoms with Crippen LogP contribution >= 0.6 is 11.8 Å². The Balaban J connectivity index is 1.68. The first-order valence-electron chi connectivity index (χ1n) is 6.74. The molecular formula is C17H19NOS. The fourth-order valence-electron chi connectivity index (χ4n) is 1.89. The number of amides is 1. The van der Waals surface area contributed by atoms with E-state index in [1.54, 1.807) is 11.8 Å². The zero-order valence-electron chi connectivity index (χ0n) is 11.6. The van der Waals surface area contributed by atoms with Gasteiger partial charge >= 0.3 is 0 Å². The third-order valence-electron chi connectivity index (χ3n) is 2.91. The summed E-state index contributed by atoms with van der Waals surface area (Å²) in [5, 5.41) is 2.96. The van der Waals surface area contributed by atoms with E-state index in [0.29, 0.717) is 13.0 Å². The molecular weight excluding hydrogens is 266 g/mol. The summed E-state index contributed by atoms with van der Waals surface area (Å²) in [7, 11) is 0. The van der Waals surface area contributed by atoms with E-state index in [4.69, 9.17) is 0 Å².